The zero-order chi connectivity index (χ0) is 8.27. The number of hydrogen-bond acceptors (Lipinski definition) is 4. The molecule has 1 aliphatic heterocycles. The summed E-state index contributed by atoms with van der Waals surface area (Å²) < 4.78 is 4.88. The second kappa shape index (κ2) is 5.67. The Hall–Kier alpha value is 0.0700. The first kappa shape index (κ1) is 12.1. The van der Waals surface area contributed by atoms with Crippen molar-refractivity contribution in [3.05, 3.63) is 0 Å². The van der Waals surface area contributed by atoms with Crippen molar-refractivity contribution in [2.45, 2.75) is 25.1 Å². The highest BCUT2D eigenvalue weighted by Crippen LogP contribution is 2.20. The molecule has 0 aromatic heterocycles. The quantitative estimate of drug-likeness (QED) is 0.693. The number of carbonyl (C=O) groups excluding carboxylic acids is 1. The molecule has 1 heterocycles. The molecule has 0 amide bonds. The predicted octanol–water partition coefficient (Wildman–Crippen LogP) is 1.02. The minimum atomic E-state index is -0.120. The van der Waals surface area contributed by atoms with Crippen LogP contribution in [0.1, 0.15) is 13.8 Å². The zero-order valence-corrected chi connectivity index (χ0v) is 8.83. The van der Waals surface area contributed by atoms with Gasteiger partial charge in [-0.05, 0) is 6.92 Å². The summed E-state index contributed by atoms with van der Waals surface area (Å²) in [6.07, 6.45) is 0. The van der Waals surface area contributed by atoms with Gasteiger partial charge in [0.15, 0.2) is 0 Å². The lowest BCUT2D eigenvalue weighted by atomic mass is 10.2. The number of thioether (sulfide) groups is 1. The van der Waals surface area contributed by atoms with Gasteiger partial charge in [0.2, 0.25) is 0 Å². The Labute approximate surface area is 83.0 Å². The van der Waals surface area contributed by atoms with Gasteiger partial charge in [0.25, 0.3) is 0 Å². The van der Waals surface area contributed by atoms with Crippen LogP contribution < -0.4 is 5.32 Å². The van der Waals surface area contributed by atoms with Gasteiger partial charge in [-0.15, -0.1) is 24.2 Å². The highest BCUT2D eigenvalue weighted by Gasteiger charge is 2.30. The van der Waals surface area contributed by atoms with Gasteiger partial charge in [-0.2, -0.15) is 0 Å². The standard InChI is InChI=1S/C7H13NO2S.ClH/c1-3-10-7(9)6-5(2)11-4-8-6;/h5-6,8H,3-4H2,1-2H3;1H/t5-,6+;/m1./s1. The molecule has 0 bridgehead atoms. The molecule has 5 heteroatoms. The number of hydrogen-bond donors (Lipinski definition) is 1. The van der Waals surface area contributed by atoms with E-state index in [1.807, 2.05) is 13.8 Å². The molecule has 1 aliphatic rings. The minimum absolute atomic E-state index is 0. The van der Waals surface area contributed by atoms with Crippen LogP contribution in [0.2, 0.25) is 0 Å². The predicted molar refractivity (Wildman–Crippen MR) is 52.7 cm³/mol. The normalized spacial score (nSPS) is 27.8. The Balaban J connectivity index is 0.00000121. The van der Waals surface area contributed by atoms with Crippen molar-refractivity contribution < 1.29 is 9.53 Å². The molecule has 1 rings (SSSR count). The second-order valence-electron chi connectivity index (χ2n) is 2.45. The molecule has 0 unspecified atom stereocenters. The van der Waals surface area contributed by atoms with Crippen molar-refractivity contribution >= 4 is 30.1 Å². The third-order valence-corrected chi connectivity index (χ3v) is 2.79. The average molecular weight is 212 g/mol. The monoisotopic (exact) mass is 211 g/mol. The van der Waals surface area contributed by atoms with Crippen LogP contribution in [-0.4, -0.2) is 29.7 Å². The van der Waals surface area contributed by atoms with Crippen LogP contribution in [0, 0.1) is 0 Å². The lowest BCUT2D eigenvalue weighted by Crippen LogP contribution is -2.38. The molecule has 0 saturated carbocycles. The van der Waals surface area contributed by atoms with Gasteiger partial charge < -0.3 is 4.74 Å². The van der Waals surface area contributed by atoms with Crippen LogP contribution in [-0.2, 0) is 9.53 Å². The second-order valence-corrected chi connectivity index (χ2v) is 3.82. The molecule has 0 aromatic rings. The van der Waals surface area contributed by atoms with Crippen molar-refractivity contribution in [3.63, 3.8) is 0 Å². The van der Waals surface area contributed by atoms with Gasteiger partial charge in [0, 0.05) is 11.1 Å². The first-order chi connectivity index (χ1) is 5.25. The van der Waals surface area contributed by atoms with E-state index in [4.69, 9.17) is 4.74 Å². The number of rotatable bonds is 2. The van der Waals surface area contributed by atoms with E-state index in [9.17, 15) is 4.79 Å². The average Bonchev–Trinajstić information content (AvgIpc) is 2.36. The Kier molecular flexibility index (Phi) is 5.70. The van der Waals surface area contributed by atoms with Crippen molar-refractivity contribution in [1.82, 2.24) is 5.32 Å². The SMILES string of the molecule is CCOC(=O)[C@H]1NCS[C@@H]1C.Cl. The van der Waals surface area contributed by atoms with Crippen LogP contribution in [0.25, 0.3) is 0 Å². The van der Waals surface area contributed by atoms with E-state index in [2.05, 4.69) is 5.32 Å². The van der Waals surface area contributed by atoms with E-state index in [0.717, 1.165) is 5.88 Å². The van der Waals surface area contributed by atoms with E-state index < -0.39 is 0 Å². The highest BCUT2D eigenvalue weighted by atomic mass is 35.5. The molecule has 1 saturated heterocycles. The largest absolute Gasteiger partial charge is 0.465 e. The number of esters is 1. The third kappa shape index (κ3) is 2.84. The van der Waals surface area contributed by atoms with Crippen molar-refractivity contribution in [2.75, 3.05) is 12.5 Å². The fourth-order valence-electron chi connectivity index (χ4n) is 1.04. The summed E-state index contributed by atoms with van der Waals surface area (Å²) in [5.74, 6) is 0.731. The molecule has 1 N–H and O–H groups in total. The highest BCUT2D eigenvalue weighted by molar-refractivity contribution is 8.00. The summed E-state index contributed by atoms with van der Waals surface area (Å²) in [7, 11) is 0. The van der Waals surface area contributed by atoms with Crippen LogP contribution in [0.5, 0.6) is 0 Å². The van der Waals surface area contributed by atoms with Crippen LogP contribution >= 0.6 is 24.2 Å². The van der Waals surface area contributed by atoms with Gasteiger partial charge in [-0.1, -0.05) is 6.92 Å². The molecule has 1 fully saturated rings. The molecular formula is C7H14ClNO2S. The fraction of sp³-hybridized carbons (Fsp3) is 0.857. The Morgan fingerprint density at radius 2 is 2.42 bits per heavy atom. The number of halogens is 1. The summed E-state index contributed by atoms with van der Waals surface area (Å²) in [5, 5.41) is 3.42. The van der Waals surface area contributed by atoms with E-state index in [1.54, 1.807) is 11.8 Å². The van der Waals surface area contributed by atoms with Crippen LogP contribution in [0.4, 0.5) is 0 Å². The Morgan fingerprint density at radius 1 is 1.75 bits per heavy atom. The van der Waals surface area contributed by atoms with Crippen molar-refractivity contribution in [3.8, 4) is 0 Å². The molecule has 0 aliphatic carbocycles. The molecule has 0 aromatic carbocycles. The van der Waals surface area contributed by atoms with E-state index >= 15 is 0 Å². The third-order valence-electron chi connectivity index (χ3n) is 1.66. The molecular weight excluding hydrogens is 198 g/mol. The number of carbonyl (C=O) groups is 1. The smallest absolute Gasteiger partial charge is 0.324 e. The van der Waals surface area contributed by atoms with Gasteiger partial charge in [-0.3, -0.25) is 10.1 Å². The number of nitrogens with one attached hydrogen (secondary N) is 1. The van der Waals surface area contributed by atoms with E-state index in [-0.39, 0.29) is 24.4 Å². The molecule has 3 nitrogen and oxygen atoms in total. The first-order valence-corrected chi connectivity index (χ1v) is 4.82. The molecule has 2 atom stereocenters. The lowest BCUT2D eigenvalue weighted by molar-refractivity contribution is -0.145. The molecule has 0 radical (unpaired) electrons. The van der Waals surface area contributed by atoms with Crippen molar-refractivity contribution in [1.29, 1.82) is 0 Å². The lowest BCUT2D eigenvalue weighted by Gasteiger charge is -2.12. The zero-order valence-electron chi connectivity index (χ0n) is 7.20. The molecule has 72 valence electrons. The summed E-state index contributed by atoms with van der Waals surface area (Å²) in [6, 6.07) is -0.0973. The maximum absolute atomic E-state index is 11.2. The van der Waals surface area contributed by atoms with E-state index in [1.165, 1.54) is 0 Å². The minimum Gasteiger partial charge on any atom is -0.465 e. The van der Waals surface area contributed by atoms with Crippen LogP contribution in [0.3, 0.4) is 0 Å². The van der Waals surface area contributed by atoms with Crippen molar-refractivity contribution in [2.24, 2.45) is 0 Å². The van der Waals surface area contributed by atoms with Crippen LogP contribution in [0.15, 0.2) is 0 Å². The summed E-state index contributed by atoms with van der Waals surface area (Å²) >= 11 is 1.75. The summed E-state index contributed by atoms with van der Waals surface area (Å²) in [6.45, 7) is 4.32. The van der Waals surface area contributed by atoms with Gasteiger partial charge in [0.05, 0.1) is 6.61 Å². The molecule has 12 heavy (non-hydrogen) atoms. The first-order valence-electron chi connectivity index (χ1n) is 3.77. The van der Waals surface area contributed by atoms with E-state index in [0.29, 0.717) is 11.9 Å². The summed E-state index contributed by atoms with van der Waals surface area (Å²) in [5.41, 5.74) is 0. The fourth-order valence-corrected chi connectivity index (χ4v) is 1.98. The topological polar surface area (TPSA) is 38.3 Å². The Bertz CT molecular complexity index is 156. The maximum Gasteiger partial charge on any atom is 0.324 e. The van der Waals surface area contributed by atoms with Gasteiger partial charge in [0.1, 0.15) is 6.04 Å². The van der Waals surface area contributed by atoms with Gasteiger partial charge >= 0.3 is 5.97 Å². The maximum atomic E-state index is 11.2. The van der Waals surface area contributed by atoms with Gasteiger partial charge in [-0.25, -0.2) is 0 Å². The molecule has 0 spiro atoms. The number of ether oxygens (including phenoxy) is 1. The Morgan fingerprint density at radius 3 is 2.83 bits per heavy atom. The summed E-state index contributed by atoms with van der Waals surface area (Å²) in [4.78, 5) is 11.2.